The van der Waals surface area contributed by atoms with Crippen LogP contribution < -0.4 is 4.90 Å². The van der Waals surface area contributed by atoms with E-state index >= 15 is 0 Å². The van der Waals surface area contributed by atoms with Crippen LogP contribution in [-0.2, 0) is 11.3 Å². The van der Waals surface area contributed by atoms with Gasteiger partial charge in [0.25, 0.3) is 0 Å². The van der Waals surface area contributed by atoms with E-state index in [1.165, 1.54) is 0 Å². The molecule has 0 aliphatic carbocycles. The highest BCUT2D eigenvalue weighted by Crippen LogP contribution is 2.26. The van der Waals surface area contributed by atoms with Gasteiger partial charge in [0.15, 0.2) is 0 Å². The number of likely N-dealkylation sites (N-methyl/N-ethyl adjacent to an activating group) is 1. The molecule has 1 heterocycles. The molecule has 0 radical (unpaired) electrons. The Kier molecular flexibility index (Phi) is 4.45. The second-order valence-corrected chi connectivity index (χ2v) is 5.48. The smallest absolute Gasteiger partial charge is 0.0865 e. The van der Waals surface area contributed by atoms with E-state index in [4.69, 9.17) is 4.74 Å². The summed E-state index contributed by atoms with van der Waals surface area (Å²) >= 11 is 0. The third-order valence-corrected chi connectivity index (χ3v) is 3.77. The van der Waals surface area contributed by atoms with Gasteiger partial charge < -0.3 is 19.8 Å². The maximum absolute atomic E-state index is 10.5. The molecule has 4 nitrogen and oxygen atoms in total. The first-order chi connectivity index (χ1) is 9.04. The Hall–Kier alpha value is -1.10. The van der Waals surface area contributed by atoms with Crippen molar-refractivity contribution in [1.29, 1.82) is 0 Å². The van der Waals surface area contributed by atoms with Crippen LogP contribution in [0.4, 0.5) is 5.69 Å². The number of ether oxygens (including phenoxy) is 1. The van der Waals surface area contributed by atoms with Crippen LogP contribution in [0.5, 0.6) is 0 Å². The summed E-state index contributed by atoms with van der Waals surface area (Å²) in [6.45, 7) is 3.82. The van der Waals surface area contributed by atoms with Gasteiger partial charge in [-0.2, -0.15) is 0 Å². The second kappa shape index (κ2) is 5.90. The summed E-state index contributed by atoms with van der Waals surface area (Å²) in [5.74, 6) is 0. The van der Waals surface area contributed by atoms with Crippen molar-refractivity contribution < 1.29 is 14.9 Å². The molecule has 1 fully saturated rings. The summed E-state index contributed by atoms with van der Waals surface area (Å²) in [6.07, 6.45) is 1.33. The number of anilines is 1. The first-order valence-corrected chi connectivity index (χ1v) is 6.76. The minimum absolute atomic E-state index is 0.0168. The minimum atomic E-state index is -0.690. The summed E-state index contributed by atoms with van der Waals surface area (Å²) < 4.78 is 5.29. The zero-order valence-electron chi connectivity index (χ0n) is 11.7. The Morgan fingerprint density at radius 3 is 2.63 bits per heavy atom. The number of aryl methyl sites for hydroxylation is 1. The van der Waals surface area contributed by atoms with Crippen LogP contribution >= 0.6 is 0 Å². The lowest BCUT2D eigenvalue weighted by Crippen LogP contribution is -2.46. The lowest BCUT2D eigenvalue weighted by atomic mass is 9.93. The summed E-state index contributed by atoms with van der Waals surface area (Å²) in [5, 5.41) is 20.0. The number of rotatable bonds is 4. The largest absolute Gasteiger partial charge is 0.392 e. The van der Waals surface area contributed by atoms with Gasteiger partial charge in [-0.15, -0.1) is 0 Å². The van der Waals surface area contributed by atoms with E-state index in [2.05, 4.69) is 0 Å². The average Bonchev–Trinajstić information content (AvgIpc) is 2.38. The van der Waals surface area contributed by atoms with E-state index in [1.54, 1.807) is 0 Å². The van der Waals surface area contributed by atoms with E-state index in [1.807, 2.05) is 37.1 Å². The molecule has 0 spiro atoms. The number of benzene rings is 1. The molecule has 1 saturated heterocycles. The van der Waals surface area contributed by atoms with Crippen LogP contribution in [0.2, 0.25) is 0 Å². The molecule has 1 aromatic rings. The van der Waals surface area contributed by atoms with Gasteiger partial charge in [0.1, 0.15) is 0 Å². The van der Waals surface area contributed by atoms with Gasteiger partial charge in [0.2, 0.25) is 0 Å². The van der Waals surface area contributed by atoms with Gasteiger partial charge in [-0.05, 0) is 13.0 Å². The van der Waals surface area contributed by atoms with Crippen molar-refractivity contribution in [2.75, 3.05) is 31.7 Å². The number of nitrogens with zero attached hydrogens (tertiary/aromatic N) is 1. The quantitative estimate of drug-likeness (QED) is 0.865. The Morgan fingerprint density at radius 2 is 2.00 bits per heavy atom. The van der Waals surface area contributed by atoms with Crippen molar-refractivity contribution in [1.82, 2.24) is 0 Å². The fourth-order valence-electron chi connectivity index (χ4n) is 2.65. The fourth-order valence-corrected chi connectivity index (χ4v) is 2.65. The molecular weight excluding hydrogens is 242 g/mol. The molecular formula is C15H23NO3. The SMILES string of the molecule is Cc1ccc(N(C)CC2(O)CCOCC2)c(CO)c1. The van der Waals surface area contributed by atoms with Crippen molar-refractivity contribution >= 4 is 5.69 Å². The van der Waals surface area contributed by atoms with E-state index in [9.17, 15) is 10.2 Å². The molecule has 1 aliphatic rings. The third-order valence-electron chi connectivity index (χ3n) is 3.77. The lowest BCUT2D eigenvalue weighted by molar-refractivity contribution is -0.0572. The number of aliphatic hydroxyl groups excluding tert-OH is 1. The third kappa shape index (κ3) is 3.47. The molecule has 0 bridgehead atoms. The van der Waals surface area contributed by atoms with Crippen molar-refractivity contribution in [3.8, 4) is 0 Å². The van der Waals surface area contributed by atoms with Crippen LogP contribution in [0.25, 0.3) is 0 Å². The maximum Gasteiger partial charge on any atom is 0.0865 e. The predicted octanol–water partition coefficient (Wildman–Crippen LogP) is 1.47. The van der Waals surface area contributed by atoms with Crippen molar-refractivity contribution in [2.45, 2.75) is 32.0 Å². The van der Waals surface area contributed by atoms with Crippen molar-refractivity contribution in [3.05, 3.63) is 29.3 Å². The maximum atomic E-state index is 10.5. The zero-order chi connectivity index (χ0) is 13.9. The number of hydrogen-bond donors (Lipinski definition) is 2. The van der Waals surface area contributed by atoms with Gasteiger partial charge in [-0.25, -0.2) is 0 Å². The first-order valence-electron chi connectivity index (χ1n) is 6.76. The van der Waals surface area contributed by atoms with E-state index in [0.717, 1.165) is 16.8 Å². The summed E-state index contributed by atoms with van der Waals surface area (Å²) in [5.41, 5.74) is 2.32. The molecule has 19 heavy (non-hydrogen) atoms. The van der Waals surface area contributed by atoms with Gasteiger partial charge in [0, 0.05) is 50.9 Å². The van der Waals surface area contributed by atoms with Crippen molar-refractivity contribution in [2.24, 2.45) is 0 Å². The fraction of sp³-hybridized carbons (Fsp3) is 0.600. The molecule has 0 atom stereocenters. The number of hydrogen-bond acceptors (Lipinski definition) is 4. The summed E-state index contributed by atoms with van der Waals surface area (Å²) in [4.78, 5) is 2.02. The lowest BCUT2D eigenvalue weighted by Gasteiger charge is -2.36. The molecule has 106 valence electrons. The minimum Gasteiger partial charge on any atom is -0.392 e. The molecule has 0 aromatic heterocycles. The molecule has 1 aromatic carbocycles. The Morgan fingerprint density at radius 1 is 1.32 bits per heavy atom. The average molecular weight is 265 g/mol. The van der Waals surface area contributed by atoms with Crippen LogP contribution in [0.3, 0.4) is 0 Å². The highest BCUT2D eigenvalue weighted by Gasteiger charge is 2.31. The van der Waals surface area contributed by atoms with Crippen LogP contribution in [0, 0.1) is 6.92 Å². The molecule has 1 aliphatic heterocycles. The summed E-state index contributed by atoms with van der Waals surface area (Å²) in [7, 11) is 1.96. The van der Waals surface area contributed by atoms with Gasteiger partial charge in [-0.3, -0.25) is 0 Å². The molecule has 4 heteroatoms. The van der Waals surface area contributed by atoms with E-state index in [0.29, 0.717) is 32.6 Å². The second-order valence-electron chi connectivity index (χ2n) is 5.48. The molecule has 2 N–H and O–H groups in total. The van der Waals surface area contributed by atoms with Gasteiger partial charge in [-0.1, -0.05) is 17.7 Å². The summed E-state index contributed by atoms with van der Waals surface area (Å²) in [6, 6.07) is 6.02. The molecule has 0 saturated carbocycles. The monoisotopic (exact) mass is 265 g/mol. The molecule has 0 unspecified atom stereocenters. The Bertz CT molecular complexity index is 427. The highest BCUT2D eigenvalue weighted by atomic mass is 16.5. The Balaban J connectivity index is 2.12. The standard InChI is InChI=1S/C15H23NO3/c1-12-3-4-14(13(9-12)10-17)16(2)11-15(18)5-7-19-8-6-15/h3-4,9,17-18H,5-8,10-11H2,1-2H3. The predicted molar refractivity (Wildman–Crippen MR) is 75.4 cm³/mol. The van der Waals surface area contributed by atoms with Crippen LogP contribution in [0.15, 0.2) is 18.2 Å². The van der Waals surface area contributed by atoms with Crippen LogP contribution in [0.1, 0.15) is 24.0 Å². The topological polar surface area (TPSA) is 52.9 Å². The molecule has 2 rings (SSSR count). The van der Waals surface area contributed by atoms with Gasteiger partial charge >= 0.3 is 0 Å². The highest BCUT2D eigenvalue weighted by molar-refractivity contribution is 5.54. The van der Waals surface area contributed by atoms with Crippen LogP contribution in [-0.4, -0.2) is 42.6 Å². The molecule has 0 amide bonds. The van der Waals surface area contributed by atoms with Gasteiger partial charge in [0.05, 0.1) is 12.2 Å². The van der Waals surface area contributed by atoms with Crippen molar-refractivity contribution in [3.63, 3.8) is 0 Å². The zero-order valence-corrected chi connectivity index (χ0v) is 11.7. The van der Waals surface area contributed by atoms with E-state index < -0.39 is 5.60 Å². The first kappa shape index (κ1) is 14.3. The van der Waals surface area contributed by atoms with E-state index in [-0.39, 0.29) is 6.61 Å². The normalized spacial score (nSPS) is 18.3. The number of aliphatic hydroxyl groups is 2. The Labute approximate surface area is 114 Å².